The van der Waals surface area contributed by atoms with E-state index in [1.165, 1.54) is 5.56 Å². The third-order valence-electron chi connectivity index (χ3n) is 4.74. The van der Waals surface area contributed by atoms with Crippen molar-refractivity contribution in [3.8, 4) is 5.75 Å². The molecule has 2 fully saturated rings. The van der Waals surface area contributed by atoms with Crippen molar-refractivity contribution in [3.63, 3.8) is 0 Å². The summed E-state index contributed by atoms with van der Waals surface area (Å²) in [5.41, 5.74) is 1.98. The van der Waals surface area contributed by atoms with E-state index in [0.717, 1.165) is 31.6 Å². The van der Waals surface area contributed by atoms with Crippen molar-refractivity contribution in [1.82, 2.24) is 10.2 Å². The van der Waals surface area contributed by atoms with E-state index in [1.54, 1.807) is 12.0 Å². The molecule has 0 spiro atoms. The molecule has 2 saturated heterocycles. The first-order valence-electron chi connectivity index (χ1n) is 8.06. The van der Waals surface area contributed by atoms with Crippen LogP contribution < -0.4 is 15.0 Å². The number of ether oxygens (including phenoxy) is 1. The first-order valence-corrected chi connectivity index (χ1v) is 8.06. The predicted molar refractivity (Wildman–Crippen MR) is 88.0 cm³/mol. The molecule has 1 aromatic rings. The van der Waals surface area contributed by atoms with E-state index in [0.29, 0.717) is 24.6 Å². The maximum atomic E-state index is 12.1. The highest BCUT2D eigenvalue weighted by Gasteiger charge is 2.28. The predicted octanol–water partition coefficient (Wildman–Crippen LogP) is 1.95. The number of methoxy groups -OCH3 is 1. The van der Waals surface area contributed by atoms with Gasteiger partial charge in [-0.15, -0.1) is 0 Å². The van der Waals surface area contributed by atoms with Crippen molar-refractivity contribution < 1.29 is 14.3 Å². The zero-order valence-corrected chi connectivity index (χ0v) is 13.7. The van der Waals surface area contributed by atoms with Crippen molar-refractivity contribution >= 4 is 17.6 Å². The zero-order valence-electron chi connectivity index (χ0n) is 13.7. The van der Waals surface area contributed by atoms with Gasteiger partial charge in [0.15, 0.2) is 0 Å². The van der Waals surface area contributed by atoms with E-state index < -0.39 is 0 Å². The van der Waals surface area contributed by atoms with Gasteiger partial charge >= 0.3 is 6.03 Å². The average Bonchev–Trinajstić information content (AvgIpc) is 2.55. The zero-order chi connectivity index (χ0) is 16.4. The van der Waals surface area contributed by atoms with E-state index in [-0.39, 0.29) is 11.9 Å². The normalized spacial score (nSPS) is 20.5. The summed E-state index contributed by atoms with van der Waals surface area (Å²) in [5, 5.41) is 2.37. The van der Waals surface area contributed by atoms with Gasteiger partial charge in [0.1, 0.15) is 5.75 Å². The second kappa shape index (κ2) is 6.58. The van der Waals surface area contributed by atoms with Crippen LogP contribution in [0, 0.1) is 0 Å². The summed E-state index contributed by atoms with van der Waals surface area (Å²) in [4.78, 5) is 27.4. The van der Waals surface area contributed by atoms with Crippen LogP contribution in [0.1, 0.15) is 30.7 Å². The summed E-state index contributed by atoms with van der Waals surface area (Å²) < 4.78 is 5.42. The molecular weight excluding hydrogens is 294 g/mol. The fourth-order valence-corrected chi connectivity index (χ4v) is 3.31. The minimum Gasteiger partial charge on any atom is -0.495 e. The number of nitrogens with zero attached hydrogens (tertiary/aromatic N) is 2. The van der Waals surface area contributed by atoms with Crippen molar-refractivity contribution in [2.45, 2.75) is 25.2 Å². The molecule has 0 aliphatic carbocycles. The maximum Gasteiger partial charge on any atom is 0.328 e. The Hall–Kier alpha value is -2.08. The number of carbonyl (C=O) groups excluding carboxylic acids is 2. The van der Waals surface area contributed by atoms with Gasteiger partial charge in [0.2, 0.25) is 5.91 Å². The Labute approximate surface area is 136 Å². The number of anilines is 1. The number of amides is 3. The number of benzene rings is 1. The van der Waals surface area contributed by atoms with Crippen LogP contribution in [0.15, 0.2) is 18.2 Å². The average molecular weight is 317 g/mol. The number of likely N-dealkylation sites (tertiary alicyclic amines) is 1. The van der Waals surface area contributed by atoms with E-state index in [4.69, 9.17) is 4.74 Å². The summed E-state index contributed by atoms with van der Waals surface area (Å²) >= 11 is 0. The number of carbonyl (C=O) groups is 2. The maximum absolute atomic E-state index is 12.1. The Bertz CT molecular complexity index is 609. The SMILES string of the molecule is COc1ccc(C2CCN(C)CC2)cc1N1CCC(=O)NC1=O. The quantitative estimate of drug-likeness (QED) is 0.925. The number of urea groups is 1. The van der Waals surface area contributed by atoms with Gasteiger partial charge in [-0.2, -0.15) is 0 Å². The first kappa shape index (κ1) is 15.8. The molecule has 1 aromatic carbocycles. The smallest absolute Gasteiger partial charge is 0.328 e. The van der Waals surface area contributed by atoms with Gasteiger partial charge < -0.3 is 9.64 Å². The van der Waals surface area contributed by atoms with Crippen LogP contribution in [0.25, 0.3) is 0 Å². The van der Waals surface area contributed by atoms with Gasteiger partial charge in [0, 0.05) is 13.0 Å². The van der Waals surface area contributed by atoms with E-state index in [2.05, 4.69) is 23.3 Å². The highest BCUT2D eigenvalue weighted by Crippen LogP contribution is 2.36. The summed E-state index contributed by atoms with van der Waals surface area (Å²) in [6, 6.07) is 5.68. The molecular formula is C17H23N3O3. The Balaban J connectivity index is 1.87. The van der Waals surface area contributed by atoms with Crippen LogP contribution in [-0.4, -0.2) is 50.6 Å². The third kappa shape index (κ3) is 3.32. The monoisotopic (exact) mass is 317 g/mol. The summed E-state index contributed by atoms with van der Waals surface area (Å²) in [5.74, 6) is 0.938. The molecule has 1 N–H and O–H groups in total. The molecule has 124 valence electrons. The van der Waals surface area contributed by atoms with E-state index in [1.807, 2.05) is 12.1 Å². The Morgan fingerprint density at radius 1 is 1.17 bits per heavy atom. The van der Waals surface area contributed by atoms with Crippen LogP contribution in [0.4, 0.5) is 10.5 Å². The summed E-state index contributed by atoms with van der Waals surface area (Å²) in [6.07, 6.45) is 2.55. The second-order valence-corrected chi connectivity index (χ2v) is 6.26. The van der Waals surface area contributed by atoms with Gasteiger partial charge in [-0.3, -0.25) is 15.0 Å². The lowest BCUT2D eigenvalue weighted by Gasteiger charge is -2.31. The number of hydrogen-bond acceptors (Lipinski definition) is 4. The lowest BCUT2D eigenvalue weighted by molar-refractivity contribution is -0.120. The molecule has 6 heteroatoms. The lowest BCUT2D eigenvalue weighted by atomic mass is 9.89. The molecule has 0 atom stereocenters. The number of rotatable bonds is 3. The van der Waals surface area contributed by atoms with Crippen molar-refractivity contribution in [2.75, 3.05) is 38.7 Å². The number of imide groups is 1. The van der Waals surface area contributed by atoms with Gasteiger partial charge in [0.05, 0.1) is 12.8 Å². The Morgan fingerprint density at radius 3 is 2.57 bits per heavy atom. The van der Waals surface area contributed by atoms with Crippen molar-refractivity contribution in [3.05, 3.63) is 23.8 Å². The fourth-order valence-electron chi connectivity index (χ4n) is 3.31. The van der Waals surface area contributed by atoms with E-state index in [9.17, 15) is 9.59 Å². The number of nitrogens with one attached hydrogen (secondary N) is 1. The first-order chi connectivity index (χ1) is 11.1. The number of hydrogen-bond donors (Lipinski definition) is 1. The molecule has 3 amide bonds. The minimum atomic E-state index is -0.375. The molecule has 3 rings (SSSR count). The summed E-state index contributed by atoms with van der Waals surface area (Å²) in [7, 11) is 3.74. The largest absolute Gasteiger partial charge is 0.495 e. The molecule has 0 saturated carbocycles. The molecule has 6 nitrogen and oxygen atoms in total. The molecule has 2 aliphatic heterocycles. The van der Waals surface area contributed by atoms with Crippen molar-refractivity contribution in [2.24, 2.45) is 0 Å². The molecule has 2 heterocycles. The Kier molecular flexibility index (Phi) is 4.52. The fraction of sp³-hybridized carbons (Fsp3) is 0.529. The van der Waals surface area contributed by atoms with Gasteiger partial charge in [0.25, 0.3) is 0 Å². The molecule has 0 radical (unpaired) electrons. The van der Waals surface area contributed by atoms with Crippen LogP contribution in [0.5, 0.6) is 5.75 Å². The highest BCUT2D eigenvalue weighted by atomic mass is 16.5. The topological polar surface area (TPSA) is 61.9 Å². The van der Waals surface area contributed by atoms with E-state index >= 15 is 0 Å². The van der Waals surface area contributed by atoms with Gasteiger partial charge in [-0.25, -0.2) is 4.79 Å². The van der Waals surface area contributed by atoms with Crippen LogP contribution in [0.3, 0.4) is 0 Å². The second-order valence-electron chi connectivity index (χ2n) is 6.26. The summed E-state index contributed by atoms with van der Waals surface area (Å²) in [6.45, 7) is 2.56. The molecule has 23 heavy (non-hydrogen) atoms. The van der Waals surface area contributed by atoms with Crippen LogP contribution >= 0.6 is 0 Å². The minimum absolute atomic E-state index is 0.225. The van der Waals surface area contributed by atoms with Crippen LogP contribution in [-0.2, 0) is 4.79 Å². The Morgan fingerprint density at radius 2 is 1.91 bits per heavy atom. The number of piperidine rings is 1. The standard InChI is InChI=1S/C17H23N3O3/c1-19-8-5-12(6-9-19)13-3-4-15(23-2)14(11-13)20-10-7-16(21)18-17(20)22/h3-4,11-12H,5-10H2,1-2H3,(H,18,21,22). The highest BCUT2D eigenvalue weighted by molar-refractivity contribution is 6.06. The molecule has 0 unspecified atom stereocenters. The van der Waals surface area contributed by atoms with Crippen molar-refractivity contribution in [1.29, 1.82) is 0 Å². The third-order valence-corrected chi connectivity index (χ3v) is 4.74. The molecule has 0 bridgehead atoms. The molecule has 2 aliphatic rings. The van der Waals surface area contributed by atoms with Gasteiger partial charge in [-0.1, -0.05) is 6.07 Å². The van der Waals surface area contributed by atoms with Crippen LogP contribution in [0.2, 0.25) is 0 Å². The van der Waals surface area contributed by atoms with Gasteiger partial charge in [-0.05, 0) is 56.6 Å². The lowest BCUT2D eigenvalue weighted by Crippen LogP contribution is -2.49. The molecule has 0 aromatic heterocycles.